The smallest absolute Gasteiger partial charge is 0.252 e. The van der Waals surface area contributed by atoms with Crippen LogP contribution in [0.5, 0.6) is 11.5 Å². The van der Waals surface area contributed by atoms with Crippen LogP contribution in [0.15, 0.2) is 71.9 Å². The van der Waals surface area contributed by atoms with Crippen LogP contribution < -0.4 is 10.1 Å². The second-order valence-corrected chi connectivity index (χ2v) is 8.63. The Balaban J connectivity index is 1.35. The lowest BCUT2D eigenvalue weighted by Crippen LogP contribution is -2.29. The molecule has 0 radical (unpaired) electrons. The van der Waals surface area contributed by atoms with E-state index >= 15 is 0 Å². The van der Waals surface area contributed by atoms with Gasteiger partial charge in [-0.2, -0.15) is 0 Å². The summed E-state index contributed by atoms with van der Waals surface area (Å²) in [5, 5.41) is 2.83. The largest absolute Gasteiger partial charge is 0.453 e. The summed E-state index contributed by atoms with van der Waals surface area (Å²) in [5.74, 6) is 0.118. The van der Waals surface area contributed by atoms with E-state index in [-0.39, 0.29) is 24.1 Å². The molecule has 0 bridgehead atoms. The molecule has 1 N–H and O–H groups in total. The number of hydrogen-bond acceptors (Lipinski definition) is 5. The van der Waals surface area contributed by atoms with Gasteiger partial charge in [-0.1, -0.05) is 18.2 Å². The van der Waals surface area contributed by atoms with Crippen LogP contribution in [0.25, 0.3) is 0 Å². The number of thioether (sulfide) groups is 1. The van der Waals surface area contributed by atoms with Gasteiger partial charge in [0.15, 0.2) is 11.6 Å². The highest BCUT2D eigenvalue weighted by Crippen LogP contribution is 2.26. The van der Waals surface area contributed by atoms with E-state index in [1.165, 1.54) is 30.1 Å². The molecule has 1 aliphatic rings. The Morgan fingerprint density at radius 2 is 1.91 bits per heavy atom. The topological polar surface area (TPSA) is 71.5 Å². The number of halogens is 1. The first kappa shape index (κ1) is 22.8. The highest BCUT2D eigenvalue weighted by molar-refractivity contribution is 8.00. The van der Waals surface area contributed by atoms with E-state index in [1.54, 1.807) is 36.5 Å². The van der Waals surface area contributed by atoms with Crippen molar-refractivity contribution in [2.45, 2.75) is 24.3 Å². The number of nitrogens with zero attached hydrogens (tertiary/aromatic N) is 2. The van der Waals surface area contributed by atoms with E-state index in [2.05, 4.69) is 10.3 Å². The molecule has 170 valence electrons. The van der Waals surface area contributed by atoms with E-state index < -0.39 is 5.82 Å². The van der Waals surface area contributed by atoms with Crippen molar-refractivity contribution in [3.05, 3.63) is 83.9 Å². The van der Waals surface area contributed by atoms with Crippen LogP contribution in [-0.4, -0.2) is 40.5 Å². The summed E-state index contributed by atoms with van der Waals surface area (Å²) in [4.78, 5) is 31.7. The molecule has 1 aromatic heterocycles. The van der Waals surface area contributed by atoms with Crippen molar-refractivity contribution in [1.29, 1.82) is 0 Å². The molecule has 33 heavy (non-hydrogen) atoms. The molecule has 3 aromatic rings. The minimum atomic E-state index is -0.526. The Morgan fingerprint density at radius 3 is 2.67 bits per heavy atom. The number of benzene rings is 2. The maximum absolute atomic E-state index is 14.5. The van der Waals surface area contributed by atoms with Crippen molar-refractivity contribution >= 4 is 23.6 Å². The predicted octanol–water partition coefficient (Wildman–Crippen LogP) is 4.66. The molecule has 1 aliphatic heterocycles. The number of aromatic nitrogens is 1. The normalized spacial score (nSPS) is 13.1. The van der Waals surface area contributed by atoms with Gasteiger partial charge in [-0.25, -0.2) is 4.39 Å². The van der Waals surface area contributed by atoms with Crippen molar-refractivity contribution in [2.24, 2.45) is 0 Å². The standard InChI is InChI=1S/C25H24FN3O3S/c26-21-14-18(9-10-22(21)32-19-6-5-11-27-16-19)15-28-25(31)20-7-1-2-8-23(20)33-17-24(30)29-12-3-4-13-29/h1-2,5-11,14,16H,3-4,12-13,15,17H2,(H,28,31). The summed E-state index contributed by atoms with van der Waals surface area (Å²) in [6.45, 7) is 1.78. The second kappa shape index (κ2) is 11.0. The zero-order chi connectivity index (χ0) is 23.0. The van der Waals surface area contributed by atoms with Gasteiger partial charge >= 0.3 is 0 Å². The predicted molar refractivity (Wildman–Crippen MR) is 125 cm³/mol. The van der Waals surface area contributed by atoms with Gasteiger partial charge in [0, 0.05) is 30.7 Å². The van der Waals surface area contributed by atoms with Gasteiger partial charge < -0.3 is 15.0 Å². The van der Waals surface area contributed by atoms with Crippen molar-refractivity contribution in [3.8, 4) is 11.5 Å². The number of ether oxygens (including phenoxy) is 1. The molecule has 2 aromatic carbocycles. The molecular weight excluding hydrogens is 441 g/mol. The van der Waals surface area contributed by atoms with Gasteiger partial charge in [0.25, 0.3) is 5.91 Å². The fourth-order valence-electron chi connectivity index (χ4n) is 3.53. The monoisotopic (exact) mass is 465 g/mol. The fourth-order valence-corrected chi connectivity index (χ4v) is 4.48. The molecular formula is C25H24FN3O3S. The number of rotatable bonds is 8. The zero-order valence-electron chi connectivity index (χ0n) is 18.0. The van der Waals surface area contributed by atoms with Gasteiger partial charge in [-0.05, 0) is 54.8 Å². The Morgan fingerprint density at radius 1 is 1.09 bits per heavy atom. The van der Waals surface area contributed by atoms with Gasteiger partial charge in [-0.15, -0.1) is 11.8 Å². The minimum absolute atomic E-state index is 0.0856. The number of carbonyl (C=O) groups is 2. The van der Waals surface area contributed by atoms with Gasteiger partial charge in [-0.3, -0.25) is 14.6 Å². The summed E-state index contributed by atoms with van der Waals surface area (Å²) < 4.78 is 20.0. The molecule has 6 nitrogen and oxygen atoms in total. The van der Waals surface area contributed by atoms with E-state index in [4.69, 9.17) is 4.74 Å². The third-order valence-electron chi connectivity index (χ3n) is 5.25. The summed E-state index contributed by atoms with van der Waals surface area (Å²) in [5.41, 5.74) is 1.10. The summed E-state index contributed by atoms with van der Waals surface area (Å²) >= 11 is 1.36. The van der Waals surface area contributed by atoms with Crippen LogP contribution in [0.4, 0.5) is 4.39 Å². The molecule has 2 amide bonds. The molecule has 4 rings (SSSR count). The third kappa shape index (κ3) is 6.10. The van der Waals surface area contributed by atoms with E-state index in [9.17, 15) is 14.0 Å². The summed E-state index contributed by atoms with van der Waals surface area (Å²) in [7, 11) is 0. The third-order valence-corrected chi connectivity index (χ3v) is 6.31. The molecule has 0 unspecified atom stereocenters. The van der Waals surface area contributed by atoms with Crippen molar-refractivity contribution in [3.63, 3.8) is 0 Å². The van der Waals surface area contributed by atoms with E-state index in [0.717, 1.165) is 30.8 Å². The molecule has 0 aliphatic carbocycles. The molecule has 1 saturated heterocycles. The van der Waals surface area contributed by atoms with Crippen LogP contribution >= 0.6 is 11.8 Å². The average molecular weight is 466 g/mol. The highest BCUT2D eigenvalue weighted by Gasteiger charge is 2.19. The minimum Gasteiger partial charge on any atom is -0.453 e. The Labute approximate surface area is 196 Å². The Hall–Kier alpha value is -3.39. The number of carbonyl (C=O) groups excluding carboxylic acids is 2. The Kier molecular flexibility index (Phi) is 7.57. The summed E-state index contributed by atoms with van der Waals surface area (Å²) in [6, 6.07) is 15.1. The Bertz CT molecular complexity index is 1120. The molecule has 0 saturated carbocycles. The first-order chi connectivity index (χ1) is 16.1. The SMILES string of the molecule is O=C(NCc1ccc(Oc2cccnc2)c(F)c1)c1ccccc1SCC(=O)N1CCCC1. The quantitative estimate of drug-likeness (QED) is 0.490. The van der Waals surface area contributed by atoms with Crippen LogP contribution in [0.2, 0.25) is 0 Å². The van der Waals surface area contributed by atoms with Crippen molar-refractivity contribution in [1.82, 2.24) is 15.2 Å². The van der Waals surface area contributed by atoms with Crippen LogP contribution in [0, 0.1) is 5.82 Å². The molecule has 2 heterocycles. The number of amides is 2. The van der Waals surface area contributed by atoms with Crippen LogP contribution in [0.3, 0.4) is 0 Å². The lowest BCUT2D eigenvalue weighted by molar-refractivity contribution is -0.127. The highest BCUT2D eigenvalue weighted by atomic mass is 32.2. The van der Waals surface area contributed by atoms with Crippen LogP contribution in [0.1, 0.15) is 28.8 Å². The first-order valence-electron chi connectivity index (χ1n) is 10.7. The van der Waals surface area contributed by atoms with Gasteiger partial charge in [0.2, 0.25) is 5.91 Å². The lowest BCUT2D eigenvalue weighted by atomic mass is 10.2. The lowest BCUT2D eigenvalue weighted by Gasteiger charge is -2.15. The average Bonchev–Trinajstić information content (AvgIpc) is 3.39. The zero-order valence-corrected chi connectivity index (χ0v) is 18.8. The van der Waals surface area contributed by atoms with Gasteiger partial charge in [0.05, 0.1) is 17.5 Å². The van der Waals surface area contributed by atoms with Crippen molar-refractivity contribution < 1.29 is 18.7 Å². The molecule has 1 fully saturated rings. The van der Waals surface area contributed by atoms with E-state index in [0.29, 0.717) is 22.6 Å². The number of pyridine rings is 1. The number of nitrogens with one attached hydrogen (secondary N) is 1. The molecule has 0 spiro atoms. The summed E-state index contributed by atoms with van der Waals surface area (Å²) in [6.07, 6.45) is 5.21. The van der Waals surface area contributed by atoms with Crippen LogP contribution in [-0.2, 0) is 11.3 Å². The molecule has 0 atom stereocenters. The molecule has 8 heteroatoms. The maximum atomic E-state index is 14.5. The fraction of sp³-hybridized carbons (Fsp3) is 0.240. The number of likely N-dealkylation sites (tertiary alicyclic amines) is 1. The van der Waals surface area contributed by atoms with Gasteiger partial charge in [0.1, 0.15) is 5.75 Å². The first-order valence-corrected chi connectivity index (χ1v) is 11.7. The number of hydrogen-bond donors (Lipinski definition) is 1. The second-order valence-electron chi connectivity index (χ2n) is 7.61. The van der Waals surface area contributed by atoms with Crippen molar-refractivity contribution in [2.75, 3.05) is 18.8 Å². The van der Waals surface area contributed by atoms with E-state index in [1.807, 2.05) is 17.0 Å². The maximum Gasteiger partial charge on any atom is 0.252 e.